The first-order valence-electron chi connectivity index (χ1n) is 6.74. The van der Waals surface area contributed by atoms with Gasteiger partial charge in [0.2, 0.25) is 5.91 Å². The molecule has 3 N–H and O–H groups in total. The van der Waals surface area contributed by atoms with Gasteiger partial charge in [0, 0.05) is 17.7 Å². The highest BCUT2D eigenvalue weighted by Crippen LogP contribution is 2.42. The van der Waals surface area contributed by atoms with Crippen molar-refractivity contribution in [2.24, 2.45) is 5.73 Å². The monoisotopic (exact) mass is 258 g/mol. The molecule has 1 aliphatic rings. The highest BCUT2D eigenvalue weighted by molar-refractivity contribution is 8.00. The zero-order valence-electron chi connectivity index (χ0n) is 11.0. The Morgan fingerprint density at radius 2 is 2.00 bits per heavy atom. The van der Waals surface area contributed by atoms with Crippen molar-refractivity contribution in [1.29, 1.82) is 0 Å². The van der Waals surface area contributed by atoms with Gasteiger partial charge in [0.25, 0.3) is 0 Å². The average molecular weight is 258 g/mol. The van der Waals surface area contributed by atoms with Gasteiger partial charge in [0.1, 0.15) is 0 Å². The fourth-order valence-electron chi connectivity index (χ4n) is 2.16. The minimum absolute atomic E-state index is 0.220. The van der Waals surface area contributed by atoms with Crippen LogP contribution in [0.25, 0.3) is 0 Å². The molecule has 0 saturated heterocycles. The largest absolute Gasteiger partial charge is 0.355 e. The van der Waals surface area contributed by atoms with Gasteiger partial charge >= 0.3 is 0 Å². The fraction of sp³-hybridized carbons (Fsp3) is 0.923. The molecule has 100 valence electrons. The van der Waals surface area contributed by atoms with Crippen LogP contribution in [0, 0.1) is 0 Å². The van der Waals surface area contributed by atoms with Gasteiger partial charge in [0.05, 0.1) is 0 Å². The topological polar surface area (TPSA) is 55.1 Å². The second kappa shape index (κ2) is 7.98. The number of rotatable bonds is 9. The normalized spacial score (nSPS) is 17.5. The van der Waals surface area contributed by atoms with E-state index in [0.29, 0.717) is 11.2 Å². The molecule has 0 heterocycles. The second-order valence-corrected chi connectivity index (χ2v) is 6.24. The summed E-state index contributed by atoms with van der Waals surface area (Å²) in [5.41, 5.74) is 5.42. The molecule has 0 atom stereocenters. The lowest BCUT2D eigenvalue weighted by Gasteiger charge is -2.40. The molecule has 3 nitrogen and oxygen atoms in total. The van der Waals surface area contributed by atoms with Gasteiger partial charge < -0.3 is 11.1 Å². The third-order valence-corrected chi connectivity index (χ3v) is 5.08. The van der Waals surface area contributed by atoms with E-state index in [-0.39, 0.29) is 5.91 Å². The summed E-state index contributed by atoms with van der Waals surface area (Å²) >= 11 is 1.91. The van der Waals surface area contributed by atoms with Crippen molar-refractivity contribution >= 4 is 17.7 Å². The summed E-state index contributed by atoms with van der Waals surface area (Å²) in [6.07, 6.45) is 11.0. The molecule has 0 aromatic rings. The molecule has 0 spiro atoms. The summed E-state index contributed by atoms with van der Waals surface area (Å²) in [5.74, 6) is 0.220. The Bertz CT molecular complexity index is 224. The van der Waals surface area contributed by atoms with Crippen molar-refractivity contribution < 1.29 is 4.79 Å². The van der Waals surface area contributed by atoms with E-state index in [4.69, 9.17) is 5.73 Å². The van der Waals surface area contributed by atoms with Crippen molar-refractivity contribution in [2.45, 2.75) is 56.1 Å². The van der Waals surface area contributed by atoms with Gasteiger partial charge in [-0.2, -0.15) is 11.8 Å². The Morgan fingerprint density at radius 1 is 1.29 bits per heavy atom. The van der Waals surface area contributed by atoms with Crippen LogP contribution in [0.15, 0.2) is 0 Å². The molecule has 1 rings (SSSR count). The number of nitrogens with one attached hydrogen (secondary N) is 1. The van der Waals surface area contributed by atoms with E-state index in [1.165, 1.54) is 19.3 Å². The molecular formula is C13H26N2OS. The molecule has 0 bridgehead atoms. The molecule has 1 saturated carbocycles. The van der Waals surface area contributed by atoms with Crippen LogP contribution in [-0.4, -0.2) is 30.0 Å². The maximum atomic E-state index is 11.6. The lowest BCUT2D eigenvalue weighted by Crippen LogP contribution is -2.45. The number of amides is 1. The van der Waals surface area contributed by atoms with Crippen LogP contribution >= 0.6 is 11.8 Å². The van der Waals surface area contributed by atoms with Gasteiger partial charge in [-0.25, -0.2) is 0 Å². The summed E-state index contributed by atoms with van der Waals surface area (Å²) < 4.78 is 0.356. The van der Waals surface area contributed by atoms with Crippen molar-refractivity contribution in [3.63, 3.8) is 0 Å². The number of thioether (sulfide) groups is 1. The van der Waals surface area contributed by atoms with Crippen LogP contribution in [-0.2, 0) is 4.79 Å². The fourth-order valence-corrected chi connectivity index (χ4v) is 3.07. The molecule has 17 heavy (non-hydrogen) atoms. The minimum Gasteiger partial charge on any atom is -0.355 e. The van der Waals surface area contributed by atoms with Crippen LogP contribution in [0.2, 0.25) is 0 Å². The van der Waals surface area contributed by atoms with Crippen LogP contribution in [0.3, 0.4) is 0 Å². The van der Waals surface area contributed by atoms with E-state index >= 15 is 0 Å². The summed E-state index contributed by atoms with van der Waals surface area (Å²) in [7, 11) is 0. The Hall–Kier alpha value is -0.220. The summed E-state index contributed by atoms with van der Waals surface area (Å²) in [4.78, 5) is 11.6. The first kappa shape index (κ1) is 14.8. The van der Waals surface area contributed by atoms with Crippen LogP contribution < -0.4 is 11.1 Å². The summed E-state index contributed by atoms with van der Waals surface area (Å²) in [6, 6.07) is 0. The molecule has 1 fully saturated rings. The van der Waals surface area contributed by atoms with Gasteiger partial charge in [-0.15, -0.1) is 0 Å². The molecule has 0 aromatic heterocycles. The Balaban J connectivity index is 2.01. The highest BCUT2D eigenvalue weighted by atomic mass is 32.2. The van der Waals surface area contributed by atoms with Gasteiger partial charge in [-0.05, 0) is 38.5 Å². The third-order valence-electron chi connectivity index (χ3n) is 3.66. The number of unbranched alkanes of at least 4 members (excludes halogenated alkanes) is 3. The zero-order chi connectivity index (χ0) is 12.6. The van der Waals surface area contributed by atoms with Crippen LogP contribution in [0.4, 0.5) is 0 Å². The van der Waals surface area contributed by atoms with E-state index in [1.54, 1.807) is 0 Å². The van der Waals surface area contributed by atoms with Gasteiger partial charge in [-0.1, -0.05) is 19.3 Å². The van der Waals surface area contributed by atoms with Crippen molar-refractivity contribution in [3.05, 3.63) is 0 Å². The van der Waals surface area contributed by atoms with Crippen molar-refractivity contribution in [1.82, 2.24) is 5.32 Å². The lowest BCUT2D eigenvalue weighted by atomic mass is 9.84. The maximum Gasteiger partial charge on any atom is 0.220 e. The van der Waals surface area contributed by atoms with Crippen LogP contribution in [0.5, 0.6) is 0 Å². The molecule has 0 aliphatic heterocycles. The number of nitrogens with two attached hydrogens (primary N) is 1. The predicted octanol–water partition coefficient (Wildman–Crippen LogP) is 2.30. The summed E-state index contributed by atoms with van der Waals surface area (Å²) in [6.45, 7) is 1.62. The predicted molar refractivity (Wildman–Crippen MR) is 75.2 cm³/mol. The van der Waals surface area contributed by atoms with E-state index in [1.807, 2.05) is 11.8 Å². The number of carbonyl (C=O) groups excluding carboxylic acids is 1. The molecule has 1 amide bonds. The SMILES string of the molecule is CSC1(CNC(=O)CCCCCCN)CCC1. The highest BCUT2D eigenvalue weighted by Gasteiger charge is 2.36. The number of hydrogen-bond donors (Lipinski definition) is 2. The van der Waals surface area contributed by atoms with Gasteiger partial charge in [0.15, 0.2) is 0 Å². The van der Waals surface area contributed by atoms with Crippen molar-refractivity contribution in [3.8, 4) is 0 Å². The molecular weight excluding hydrogens is 232 g/mol. The van der Waals surface area contributed by atoms with Crippen LogP contribution in [0.1, 0.15) is 51.4 Å². The summed E-state index contributed by atoms with van der Waals surface area (Å²) in [5, 5.41) is 3.08. The quantitative estimate of drug-likeness (QED) is 0.624. The Labute approximate surface area is 109 Å². The van der Waals surface area contributed by atoms with E-state index in [9.17, 15) is 4.79 Å². The van der Waals surface area contributed by atoms with Crippen molar-refractivity contribution in [2.75, 3.05) is 19.3 Å². The molecule has 0 aromatic carbocycles. The van der Waals surface area contributed by atoms with Gasteiger partial charge in [-0.3, -0.25) is 4.79 Å². The Morgan fingerprint density at radius 3 is 2.53 bits per heavy atom. The minimum atomic E-state index is 0.220. The smallest absolute Gasteiger partial charge is 0.220 e. The first-order chi connectivity index (χ1) is 8.22. The lowest BCUT2D eigenvalue weighted by molar-refractivity contribution is -0.121. The van der Waals surface area contributed by atoms with E-state index < -0.39 is 0 Å². The first-order valence-corrected chi connectivity index (χ1v) is 7.97. The molecule has 1 aliphatic carbocycles. The third kappa shape index (κ3) is 5.30. The zero-order valence-corrected chi connectivity index (χ0v) is 11.8. The standard InChI is InChI=1S/C13H26N2OS/c1-17-13(8-6-9-13)11-15-12(16)7-4-2-3-5-10-14/h2-11,14H2,1H3,(H,15,16). The van der Waals surface area contributed by atoms with E-state index in [0.717, 1.165) is 38.8 Å². The molecule has 0 unspecified atom stereocenters. The second-order valence-electron chi connectivity index (χ2n) is 4.97. The van der Waals surface area contributed by atoms with E-state index in [2.05, 4.69) is 11.6 Å². The average Bonchev–Trinajstić information content (AvgIpc) is 2.28. The number of carbonyl (C=O) groups is 1. The molecule has 0 radical (unpaired) electrons. The number of hydrogen-bond acceptors (Lipinski definition) is 3. The molecule has 4 heteroatoms. The Kier molecular flexibility index (Phi) is 6.97. The maximum absolute atomic E-state index is 11.6.